The van der Waals surface area contributed by atoms with Crippen molar-refractivity contribution in [3.63, 3.8) is 0 Å². The van der Waals surface area contributed by atoms with Gasteiger partial charge in [0.2, 0.25) is 0 Å². The predicted molar refractivity (Wildman–Crippen MR) is 68.7 cm³/mol. The number of halogens is 2. The van der Waals surface area contributed by atoms with E-state index in [0.29, 0.717) is 6.07 Å². The second-order valence-corrected chi connectivity index (χ2v) is 4.45. The molecular formula is C15H7F2NO4. The van der Waals surface area contributed by atoms with Crippen LogP contribution in [0.5, 0.6) is 0 Å². The maximum atomic E-state index is 13.5. The Morgan fingerprint density at radius 3 is 2.09 bits per heavy atom. The summed E-state index contributed by atoms with van der Waals surface area (Å²) < 4.78 is 26.3. The Morgan fingerprint density at radius 1 is 0.955 bits per heavy atom. The normalized spacial score (nSPS) is 13.3. The molecule has 2 amide bonds. The largest absolute Gasteiger partial charge is 0.366 e. The molecule has 7 heteroatoms. The van der Waals surface area contributed by atoms with Gasteiger partial charge < -0.3 is 4.84 Å². The van der Waals surface area contributed by atoms with Gasteiger partial charge in [-0.2, -0.15) is 0 Å². The van der Waals surface area contributed by atoms with E-state index < -0.39 is 35.0 Å². The number of hydroxylamine groups is 2. The zero-order valence-corrected chi connectivity index (χ0v) is 10.9. The van der Waals surface area contributed by atoms with Gasteiger partial charge in [0.1, 0.15) is 11.6 Å². The zero-order valence-electron chi connectivity index (χ0n) is 10.9. The topological polar surface area (TPSA) is 63.7 Å². The Kier molecular flexibility index (Phi) is 3.17. The van der Waals surface area contributed by atoms with Gasteiger partial charge in [-0.15, -0.1) is 0 Å². The summed E-state index contributed by atoms with van der Waals surface area (Å²) in [6.07, 6.45) is 0. The molecule has 0 saturated carbocycles. The molecule has 22 heavy (non-hydrogen) atoms. The lowest BCUT2D eigenvalue weighted by molar-refractivity contribution is -0.0587. The molecular weight excluding hydrogens is 296 g/mol. The molecule has 2 aromatic carbocycles. The first-order valence-electron chi connectivity index (χ1n) is 6.14. The number of amides is 2. The van der Waals surface area contributed by atoms with Crippen LogP contribution in [0.1, 0.15) is 31.1 Å². The van der Waals surface area contributed by atoms with Crippen LogP contribution < -0.4 is 0 Å². The van der Waals surface area contributed by atoms with Gasteiger partial charge in [0.05, 0.1) is 16.7 Å². The van der Waals surface area contributed by atoms with Crippen LogP contribution in [0.25, 0.3) is 0 Å². The molecule has 0 spiro atoms. The molecule has 0 aromatic heterocycles. The number of nitrogens with zero attached hydrogens (tertiary/aromatic N) is 1. The van der Waals surface area contributed by atoms with Gasteiger partial charge in [-0.3, -0.25) is 9.59 Å². The van der Waals surface area contributed by atoms with Crippen LogP contribution in [0.4, 0.5) is 8.78 Å². The van der Waals surface area contributed by atoms with Crippen molar-refractivity contribution in [3.05, 3.63) is 70.8 Å². The third-order valence-electron chi connectivity index (χ3n) is 3.08. The number of carbonyl (C=O) groups excluding carboxylic acids is 3. The first kappa shape index (κ1) is 13.9. The number of hydrogen-bond donors (Lipinski definition) is 0. The van der Waals surface area contributed by atoms with Gasteiger partial charge in [-0.25, -0.2) is 13.6 Å². The molecule has 0 aliphatic carbocycles. The van der Waals surface area contributed by atoms with Crippen molar-refractivity contribution < 1.29 is 28.0 Å². The summed E-state index contributed by atoms with van der Waals surface area (Å²) in [5, 5.41) is 0.260. The summed E-state index contributed by atoms with van der Waals surface area (Å²) in [7, 11) is 0. The number of imide groups is 1. The SMILES string of the molecule is O=C(ON1C(=O)c2ccccc2C1=O)c1ccc(F)cc1F. The van der Waals surface area contributed by atoms with Crippen molar-refractivity contribution in [3.8, 4) is 0 Å². The van der Waals surface area contributed by atoms with Gasteiger partial charge >= 0.3 is 5.97 Å². The average Bonchev–Trinajstić information content (AvgIpc) is 2.73. The maximum absolute atomic E-state index is 13.5. The van der Waals surface area contributed by atoms with Crippen LogP contribution >= 0.6 is 0 Å². The lowest BCUT2D eigenvalue weighted by Gasteiger charge is -2.12. The second kappa shape index (κ2) is 5.03. The first-order chi connectivity index (χ1) is 10.5. The molecule has 0 bridgehead atoms. The number of rotatable bonds is 2. The Morgan fingerprint density at radius 2 is 1.55 bits per heavy atom. The van der Waals surface area contributed by atoms with Crippen LogP contribution in [0.15, 0.2) is 42.5 Å². The molecule has 0 N–H and O–H groups in total. The van der Waals surface area contributed by atoms with Crippen molar-refractivity contribution in [2.24, 2.45) is 0 Å². The number of fused-ring (bicyclic) bond motifs is 1. The fraction of sp³-hybridized carbons (Fsp3) is 0. The minimum atomic E-state index is -1.27. The summed E-state index contributed by atoms with van der Waals surface area (Å²) in [4.78, 5) is 40.5. The molecule has 0 saturated heterocycles. The first-order valence-corrected chi connectivity index (χ1v) is 6.14. The summed E-state index contributed by atoms with van der Waals surface area (Å²) in [5.41, 5.74) is -0.419. The molecule has 2 aromatic rings. The van der Waals surface area contributed by atoms with Crippen LogP contribution in [0.2, 0.25) is 0 Å². The minimum absolute atomic E-state index is 0.0832. The van der Waals surface area contributed by atoms with Crippen molar-refractivity contribution in [1.82, 2.24) is 5.06 Å². The Bertz CT molecular complexity index is 784. The van der Waals surface area contributed by atoms with E-state index >= 15 is 0 Å². The maximum Gasteiger partial charge on any atom is 0.366 e. The van der Waals surface area contributed by atoms with E-state index in [4.69, 9.17) is 0 Å². The molecule has 110 valence electrons. The van der Waals surface area contributed by atoms with E-state index in [-0.39, 0.29) is 16.2 Å². The number of carbonyl (C=O) groups is 3. The molecule has 1 heterocycles. The summed E-state index contributed by atoms with van der Waals surface area (Å²) in [6.45, 7) is 0. The minimum Gasteiger partial charge on any atom is -0.324 e. The molecule has 5 nitrogen and oxygen atoms in total. The standard InChI is InChI=1S/C15H7F2NO4/c16-8-5-6-11(12(17)7-8)15(21)22-18-13(19)9-3-1-2-4-10(9)14(18)20/h1-7H. The van der Waals surface area contributed by atoms with Crippen molar-refractivity contribution in [2.45, 2.75) is 0 Å². The molecule has 0 unspecified atom stereocenters. The van der Waals surface area contributed by atoms with E-state index in [9.17, 15) is 23.2 Å². The van der Waals surface area contributed by atoms with Gasteiger partial charge in [-0.05, 0) is 24.3 Å². The second-order valence-electron chi connectivity index (χ2n) is 4.45. The fourth-order valence-electron chi connectivity index (χ4n) is 2.04. The highest BCUT2D eigenvalue weighted by Crippen LogP contribution is 2.23. The quantitative estimate of drug-likeness (QED) is 0.799. The van der Waals surface area contributed by atoms with E-state index in [1.807, 2.05) is 0 Å². The highest BCUT2D eigenvalue weighted by atomic mass is 19.1. The number of hydrogen-bond acceptors (Lipinski definition) is 4. The van der Waals surface area contributed by atoms with Crippen molar-refractivity contribution >= 4 is 17.8 Å². The third-order valence-corrected chi connectivity index (χ3v) is 3.08. The third kappa shape index (κ3) is 2.12. The Balaban J connectivity index is 1.87. The molecule has 3 rings (SSSR count). The van der Waals surface area contributed by atoms with E-state index in [1.54, 1.807) is 12.1 Å². The van der Waals surface area contributed by atoms with Gasteiger partial charge in [0.25, 0.3) is 11.8 Å². The van der Waals surface area contributed by atoms with Gasteiger partial charge in [0, 0.05) is 6.07 Å². The lowest BCUT2D eigenvalue weighted by Crippen LogP contribution is -2.33. The van der Waals surface area contributed by atoms with E-state index in [0.717, 1.165) is 12.1 Å². The Labute approximate surface area is 122 Å². The summed E-state index contributed by atoms with van der Waals surface area (Å²) in [5.74, 6) is -4.93. The zero-order chi connectivity index (χ0) is 15.9. The molecule has 0 atom stereocenters. The highest BCUT2D eigenvalue weighted by Gasteiger charge is 2.39. The predicted octanol–water partition coefficient (Wildman–Crippen LogP) is 2.33. The van der Waals surface area contributed by atoms with Crippen molar-refractivity contribution in [1.29, 1.82) is 0 Å². The van der Waals surface area contributed by atoms with Crippen LogP contribution in [-0.4, -0.2) is 22.8 Å². The molecule has 0 radical (unpaired) electrons. The highest BCUT2D eigenvalue weighted by molar-refractivity contribution is 6.21. The Hall–Kier alpha value is -3.09. The van der Waals surface area contributed by atoms with Gasteiger partial charge in [0.15, 0.2) is 0 Å². The van der Waals surface area contributed by atoms with Gasteiger partial charge in [-0.1, -0.05) is 17.2 Å². The van der Waals surface area contributed by atoms with E-state index in [1.165, 1.54) is 12.1 Å². The van der Waals surface area contributed by atoms with Crippen LogP contribution in [0.3, 0.4) is 0 Å². The van der Waals surface area contributed by atoms with Crippen LogP contribution in [0, 0.1) is 11.6 Å². The summed E-state index contributed by atoms with van der Waals surface area (Å²) in [6, 6.07) is 8.14. The number of benzene rings is 2. The summed E-state index contributed by atoms with van der Waals surface area (Å²) >= 11 is 0. The lowest BCUT2D eigenvalue weighted by atomic mass is 10.1. The van der Waals surface area contributed by atoms with Crippen LogP contribution in [-0.2, 0) is 4.84 Å². The smallest absolute Gasteiger partial charge is 0.324 e. The van der Waals surface area contributed by atoms with Crippen molar-refractivity contribution in [2.75, 3.05) is 0 Å². The fourth-order valence-corrected chi connectivity index (χ4v) is 2.04. The van der Waals surface area contributed by atoms with E-state index in [2.05, 4.69) is 4.84 Å². The molecule has 1 aliphatic rings. The molecule has 0 fully saturated rings. The monoisotopic (exact) mass is 303 g/mol. The molecule has 1 aliphatic heterocycles. The average molecular weight is 303 g/mol.